The molecule has 1 saturated carbocycles. The second kappa shape index (κ2) is 6.28. The lowest BCUT2D eigenvalue weighted by Gasteiger charge is -2.46. The predicted molar refractivity (Wildman–Crippen MR) is 110 cm³/mol. The second-order valence-electron chi connectivity index (χ2n) is 8.43. The van der Waals surface area contributed by atoms with E-state index >= 15 is 0 Å². The number of pyridine rings is 1. The van der Waals surface area contributed by atoms with Gasteiger partial charge in [-0.05, 0) is 55.0 Å². The summed E-state index contributed by atoms with van der Waals surface area (Å²) in [7, 11) is -1.85. The largest absolute Gasteiger partial charge is 0.380 e. The summed E-state index contributed by atoms with van der Waals surface area (Å²) >= 11 is 0. The highest BCUT2D eigenvalue weighted by Crippen LogP contribution is 2.43. The van der Waals surface area contributed by atoms with Crippen molar-refractivity contribution >= 4 is 26.9 Å². The number of nitrogens with zero attached hydrogens (tertiary/aromatic N) is 3. The third-order valence-corrected chi connectivity index (χ3v) is 7.58. The first kappa shape index (κ1) is 18.9. The fraction of sp³-hybridized carbons (Fsp3) is 0.400. The molecule has 4 rings (SSSR count). The van der Waals surface area contributed by atoms with E-state index in [0.717, 1.165) is 35.2 Å². The number of fused-ring (bicyclic) bond motifs is 1. The number of anilines is 1. The Morgan fingerprint density at radius 3 is 2.57 bits per heavy atom. The maximum atomic E-state index is 13.0. The molecule has 3 N–H and O–H groups in total. The monoisotopic (exact) mass is 399 g/mol. The molecular formula is C20H25N5O2S. The van der Waals surface area contributed by atoms with Crippen molar-refractivity contribution in [1.29, 1.82) is 0 Å². The molecule has 148 valence electrons. The van der Waals surface area contributed by atoms with Gasteiger partial charge >= 0.3 is 0 Å². The van der Waals surface area contributed by atoms with E-state index in [4.69, 9.17) is 5.73 Å². The number of hydrogen-bond donors (Lipinski definition) is 2. The maximum absolute atomic E-state index is 13.0. The molecule has 0 unspecified atom stereocenters. The van der Waals surface area contributed by atoms with Crippen molar-refractivity contribution in [3.05, 3.63) is 35.9 Å². The summed E-state index contributed by atoms with van der Waals surface area (Å²) in [5.74, 6) is 0.346. The van der Waals surface area contributed by atoms with Gasteiger partial charge in [-0.3, -0.25) is 5.10 Å². The lowest BCUT2D eigenvalue weighted by atomic mass is 9.68. The lowest BCUT2D eigenvalue weighted by molar-refractivity contribution is 0.0857. The average Bonchev–Trinajstić information content (AvgIpc) is 2.99. The third kappa shape index (κ3) is 3.06. The zero-order chi connectivity index (χ0) is 20.3. The van der Waals surface area contributed by atoms with Crippen LogP contribution >= 0.6 is 0 Å². The van der Waals surface area contributed by atoms with Crippen molar-refractivity contribution in [1.82, 2.24) is 19.5 Å². The van der Waals surface area contributed by atoms with Crippen LogP contribution in [0.5, 0.6) is 0 Å². The second-order valence-corrected chi connectivity index (χ2v) is 10.4. The molecule has 1 aromatic carbocycles. The van der Waals surface area contributed by atoms with Crippen LogP contribution in [0.3, 0.4) is 0 Å². The first-order valence-corrected chi connectivity index (χ1v) is 10.7. The minimum Gasteiger partial charge on any atom is -0.380 e. The zero-order valence-corrected chi connectivity index (χ0v) is 17.3. The fourth-order valence-electron chi connectivity index (χ4n) is 3.99. The standard InChI is InChI=1S/C20H25N5O2S/c1-12-9-14(28(26,27)25(4)13-10-20(2,3)11-13)5-6-15(12)16-7-8-17-18(22-16)19(21)24-23-17/h5-9,13H,10-11H2,1-4H3,(H3,21,23,24). The average molecular weight is 400 g/mol. The molecule has 1 aliphatic carbocycles. The predicted octanol–water partition coefficient (Wildman–Crippen LogP) is 3.32. The molecule has 7 nitrogen and oxygen atoms in total. The van der Waals surface area contributed by atoms with Crippen LogP contribution in [0.4, 0.5) is 5.82 Å². The number of aromatic nitrogens is 3. The minimum atomic E-state index is -3.53. The molecule has 0 atom stereocenters. The number of benzene rings is 1. The Morgan fingerprint density at radius 1 is 1.21 bits per heavy atom. The zero-order valence-electron chi connectivity index (χ0n) is 16.5. The normalized spacial score (nSPS) is 17.2. The van der Waals surface area contributed by atoms with Crippen LogP contribution in [-0.4, -0.2) is 41.0 Å². The van der Waals surface area contributed by atoms with Gasteiger partial charge in [-0.25, -0.2) is 13.4 Å². The lowest BCUT2D eigenvalue weighted by Crippen LogP contribution is -2.49. The molecule has 0 aliphatic heterocycles. The number of aromatic amines is 1. The molecule has 3 aromatic rings. The quantitative estimate of drug-likeness (QED) is 0.700. The third-order valence-electron chi connectivity index (χ3n) is 5.68. The summed E-state index contributed by atoms with van der Waals surface area (Å²) < 4.78 is 27.6. The van der Waals surface area contributed by atoms with Gasteiger partial charge < -0.3 is 5.73 Å². The van der Waals surface area contributed by atoms with Gasteiger partial charge in [0.1, 0.15) is 5.52 Å². The number of aryl methyl sites for hydroxylation is 1. The number of rotatable bonds is 4. The van der Waals surface area contributed by atoms with Gasteiger partial charge in [0.05, 0.1) is 16.1 Å². The van der Waals surface area contributed by atoms with Crippen LogP contribution < -0.4 is 5.73 Å². The van der Waals surface area contributed by atoms with Crippen LogP contribution in [0, 0.1) is 12.3 Å². The molecule has 8 heteroatoms. The number of nitrogens with one attached hydrogen (secondary N) is 1. The Bertz CT molecular complexity index is 1160. The Hall–Kier alpha value is -2.45. The molecule has 0 spiro atoms. The highest BCUT2D eigenvalue weighted by atomic mass is 32.2. The number of sulfonamides is 1. The maximum Gasteiger partial charge on any atom is 0.243 e. The van der Waals surface area contributed by atoms with E-state index in [0.29, 0.717) is 16.2 Å². The van der Waals surface area contributed by atoms with E-state index in [1.807, 2.05) is 25.1 Å². The number of nitrogens with two attached hydrogens (primary N) is 1. The van der Waals surface area contributed by atoms with Crippen molar-refractivity contribution < 1.29 is 8.42 Å². The van der Waals surface area contributed by atoms with E-state index in [9.17, 15) is 8.42 Å². The highest BCUT2D eigenvalue weighted by molar-refractivity contribution is 7.89. The van der Waals surface area contributed by atoms with Gasteiger partial charge in [-0.15, -0.1) is 0 Å². The molecule has 2 aromatic heterocycles. The summed E-state index contributed by atoms with van der Waals surface area (Å²) in [5.41, 5.74) is 9.89. The molecule has 2 heterocycles. The molecule has 1 fully saturated rings. The Balaban J connectivity index is 1.66. The Kier molecular flexibility index (Phi) is 4.24. The van der Waals surface area contributed by atoms with Crippen molar-refractivity contribution in [3.8, 4) is 11.3 Å². The van der Waals surface area contributed by atoms with Crippen molar-refractivity contribution in [2.75, 3.05) is 12.8 Å². The van der Waals surface area contributed by atoms with Gasteiger partial charge in [0, 0.05) is 18.7 Å². The van der Waals surface area contributed by atoms with E-state index in [1.165, 1.54) is 4.31 Å². The fourth-order valence-corrected chi connectivity index (χ4v) is 5.43. The summed E-state index contributed by atoms with van der Waals surface area (Å²) in [4.78, 5) is 4.89. The van der Waals surface area contributed by atoms with Crippen LogP contribution in [0.1, 0.15) is 32.3 Å². The van der Waals surface area contributed by atoms with Gasteiger partial charge in [-0.1, -0.05) is 19.9 Å². The first-order chi connectivity index (χ1) is 13.1. The molecule has 0 amide bonds. The van der Waals surface area contributed by atoms with Crippen molar-refractivity contribution in [2.24, 2.45) is 5.41 Å². The van der Waals surface area contributed by atoms with Crippen LogP contribution in [0.15, 0.2) is 35.2 Å². The van der Waals surface area contributed by atoms with E-state index in [2.05, 4.69) is 29.0 Å². The minimum absolute atomic E-state index is 0.0631. The summed E-state index contributed by atoms with van der Waals surface area (Å²) in [5, 5.41) is 6.79. The molecular weight excluding hydrogens is 374 g/mol. The Morgan fingerprint density at radius 2 is 1.93 bits per heavy atom. The van der Waals surface area contributed by atoms with Gasteiger partial charge in [0.25, 0.3) is 0 Å². The van der Waals surface area contributed by atoms with Gasteiger partial charge in [-0.2, -0.15) is 9.40 Å². The number of nitrogen functional groups attached to an aromatic ring is 1. The van der Waals surface area contributed by atoms with E-state index < -0.39 is 10.0 Å². The number of hydrogen-bond acceptors (Lipinski definition) is 5. The summed E-state index contributed by atoms with van der Waals surface area (Å²) in [6, 6.07) is 8.99. The smallest absolute Gasteiger partial charge is 0.243 e. The molecule has 0 radical (unpaired) electrons. The summed E-state index contributed by atoms with van der Waals surface area (Å²) in [6.07, 6.45) is 1.77. The van der Waals surface area contributed by atoms with Crippen molar-refractivity contribution in [2.45, 2.75) is 44.6 Å². The highest BCUT2D eigenvalue weighted by Gasteiger charge is 2.42. The van der Waals surface area contributed by atoms with Gasteiger partial charge in [0.2, 0.25) is 10.0 Å². The molecule has 28 heavy (non-hydrogen) atoms. The molecule has 0 saturated heterocycles. The molecule has 1 aliphatic rings. The number of H-pyrrole nitrogens is 1. The topological polar surface area (TPSA) is 105 Å². The van der Waals surface area contributed by atoms with E-state index in [1.54, 1.807) is 19.2 Å². The summed E-state index contributed by atoms with van der Waals surface area (Å²) in [6.45, 7) is 6.23. The van der Waals surface area contributed by atoms with Crippen LogP contribution in [0.2, 0.25) is 0 Å². The first-order valence-electron chi connectivity index (χ1n) is 9.28. The van der Waals surface area contributed by atoms with Gasteiger partial charge in [0.15, 0.2) is 5.82 Å². The molecule has 0 bridgehead atoms. The van der Waals surface area contributed by atoms with Crippen molar-refractivity contribution in [3.63, 3.8) is 0 Å². The SMILES string of the molecule is Cc1cc(S(=O)(=O)N(C)C2CC(C)(C)C2)ccc1-c1ccc2[nH]nc(N)c2n1. The van der Waals surface area contributed by atoms with Crippen LogP contribution in [-0.2, 0) is 10.0 Å². The Labute approximate surface area is 165 Å². The van der Waals surface area contributed by atoms with Crippen LogP contribution in [0.25, 0.3) is 22.3 Å². The van der Waals surface area contributed by atoms with E-state index in [-0.39, 0.29) is 11.5 Å².